The lowest BCUT2D eigenvalue weighted by Crippen LogP contribution is -2.48. The van der Waals surface area contributed by atoms with Crippen molar-refractivity contribution in [1.29, 1.82) is 0 Å². The van der Waals surface area contributed by atoms with Gasteiger partial charge in [0.15, 0.2) is 5.78 Å². The molecule has 0 spiro atoms. The second-order valence-electron chi connectivity index (χ2n) is 6.38. The number of nitrogens with one attached hydrogen (secondary N) is 1. The number of rotatable bonds is 4. The zero-order valence-corrected chi connectivity index (χ0v) is 12.7. The molecule has 1 heterocycles. The lowest BCUT2D eigenvalue weighted by Gasteiger charge is -2.29. The molecule has 0 saturated heterocycles. The van der Waals surface area contributed by atoms with E-state index in [2.05, 4.69) is 11.4 Å². The molecule has 1 N–H and O–H groups in total. The van der Waals surface area contributed by atoms with Crippen LogP contribution in [0.3, 0.4) is 0 Å². The molecule has 0 aliphatic heterocycles. The SMILES string of the molecule is CC(=O)[C@@H](NC(=O)C1C[C@@H]1c1cccs1)C(C)(C)C. The first-order chi connectivity index (χ1) is 8.80. The minimum absolute atomic E-state index is 0.0218. The topological polar surface area (TPSA) is 46.2 Å². The van der Waals surface area contributed by atoms with Gasteiger partial charge in [0.25, 0.3) is 0 Å². The van der Waals surface area contributed by atoms with Crippen LogP contribution >= 0.6 is 11.3 Å². The molecule has 1 saturated carbocycles. The molecular weight excluding hydrogens is 258 g/mol. The van der Waals surface area contributed by atoms with E-state index in [1.807, 2.05) is 32.2 Å². The van der Waals surface area contributed by atoms with Crippen molar-refractivity contribution in [2.75, 3.05) is 0 Å². The first-order valence-corrected chi connectivity index (χ1v) is 7.53. The molecular formula is C15H21NO2S. The van der Waals surface area contributed by atoms with Gasteiger partial charge in [-0.05, 0) is 30.2 Å². The third-order valence-electron chi connectivity index (χ3n) is 3.59. The van der Waals surface area contributed by atoms with Gasteiger partial charge in [0.2, 0.25) is 5.91 Å². The molecule has 1 aromatic heterocycles. The first-order valence-electron chi connectivity index (χ1n) is 6.65. The molecule has 1 unspecified atom stereocenters. The van der Waals surface area contributed by atoms with Gasteiger partial charge < -0.3 is 5.32 Å². The van der Waals surface area contributed by atoms with Crippen LogP contribution in [0, 0.1) is 11.3 Å². The van der Waals surface area contributed by atoms with Crippen LogP contribution in [0.4, 0.5) is 0 Å². The lowest BCUT2D eigenvalue weighted by atomic mass is 9.84. The zero-order valence-electron chi connectivity index (χ0n) is 11.9. The fourth-order valence-corrected chi connectivity index (χ4v) is 3.39. The van der Waals surface area contributed by atoms with Crippen molar-refractivity contribution in [3.8, 4) is 0 Å². The van der Waals surface area contributed by atoms with Crippen LogP contribution in [-0.2, 0) is 9.59 Å². The molecule has 3 atom stereocenters. The Morgan fingerprint density at radius 2 is 2.11 bits per heavy atom. The van der Waals surface area contributed by atoms with E-state index >= 15 is 0 Å². The molecule has 1 amide bonds. The second kappa shape index (κ2) is 5.08. The summed E-state index contributed by atoms with van der Waals surface area (Å²) in [4.78, 5) is 25.2. The summed E-state index contributed by atoms with van der Waals surface area (Å²) in [7, 11) is 0. The number of amides is 1. The first kappa shape index (κ1) is 14.3. The van der Waals surface area contributed by atoms with Crippen LogP contribution in [0.5, 0.6) is 0 Å². The molecule has 104 valence electrons. The van der Waals surface area contributed by atoms with Crippen molar-refractivity contribution in [3.63, 3.8) is 0 Å². The molecule has 0 radical (unpaired) electrons. The predicted molar refractivity (Wildman–Crippen MR) is 77.2 cm³/mol. The van der Waals surface area contributed by atoms with E-state index in [9.17, 15) is 9.59 Å². The Morgan fingerprint density at radius 1 is 1.42 bits per heavy atom. The van der Waals surface area contributed by atoms with Gasteiger partial charge in [-0.2, -0.15) is 0 Å². The van der Waals surface area contributed by atoms with E-state index < -0.39 is 6.04 Å². The number of thiophene rings is 1. The number of carbonyl (C=O) groups is 2. The Morgan fingerprint density at radius 3 is 2.58 bits per heavy atom. The average molecular weight is 279 g/mol. The normalized spacial score (nSPS) is 23.8. The van der Waals surface area contributed by atoms with Crippen molar-refractivity contribution in [3.05, 3.63) is 22.4 Å². The van der Waals surface area contributed by atoms with Crippen molar-refractivity contribution >= 4 is 23.0 Å². The predicted octanol–water partition coefficient (Wildman–Crippen LogP) is 2.97. The minimum Gasteiger partial charge on any atom is -0.346 e. The Hall–Kier alpha value is -1.16. The van der Waals surface area contributed by atoms with E-state index in [1.165, 1.54) is 4.88 Å². The van der Waals surface area contributed by atoms with Gasteiger partial charge in [-0.15, -0.1) is 11.3 Å². The van der Waals surface area contributed by atoms with Crippen molar-refractivity contribution in [2.45, 2.75) is 46.1 Å². The van der Waals surface area contributed by atoms with Crippen molar-refractivity contribution in [2.24, 2.45) is 11.3 Å². The van der Waals surface area contributed by atoms with Gasteiger partial charge in [0, 0.05) is 16.7 Å². The van der Waals surface area contributed by atoms with Crippen LogP contribution < -0.4 is 5.32 Å². The Balaban J connectivity index is 1.97. The van der Waals surface area contributed by atoms with E-state index in [0.29, 0.717) is 5.92 Å². The number of hydrogen-bond acceptors (Lipinski definition) is 3. The monoisotopic (exact) mass is 279 g/mol. The second-order valence-corrected chi connectivity index (χ2v) is 7.36. The highest BCUT2D eigenvalue weighted by Gasteiger charge is 2.46. The Labute approximate surface area is 118 Å². The summed E-state index contributed by atoms with van der Waals surface area (Å²) in [5.41, 5.74) is -0.241. The van der Waals surface area contributed by atoms with E-state index in [1.54, 1.807) is 18.3 Å². The van der Waals surface area contributed by atoms with Crippen LogP contribution in [0.2, 0.25) is 0 Å². The van der Waals surface area contributed by atoms with Gasteiger partial charge in [-0.1, -0.05) is 26.8 Å². The van der Waals surface area contributed by atoms with Crippen LogP contribution in [0.15, 0.2) is 17.5 Å². The van der Waals surface area contributed by atoms with Crippen LogP contribution in [0.1, 0.15) is 44.9 Å². The van der Waals surface area contributed by atoms with Gasteiger partial charge >= 0.3 is 0 Å². The molecule has 19 heavy (non-hydrogen) atoms. The molecule has 1 aromatic rings. The summed E-state index contributed by atoms with van der Waals surface area (Å²) >= 11 is 1.70. The maximum Gasteiger partial charge on any atom is 0.224 e. The molecule has 1 aliphatic carbocycles. The third-order valence-corrected chi connectivity index (χ3v) is 4.60. The highest BCUT2D eigenvalue weighted by Crippen LogP contribution is 2.49. The number of hydrogen-bond donors (Lipinski definition) is 1. The standard InChI is InChI=1S/C15H21NO2S/c1-9(17)13(15(2,3)4)16-14(18)11-8-10(11)12-6-5-7-19-12/h5-7,10-11,13H,8H2,1-4H3,(H,16,18)/t10-,11?,13+/m0/s1. The molecule has 3 nitrogen and oxygen atoms in total. The minimum atomic E-state index is -0.399. The maximum atomic E-state index is 12.2. The highest BCUT2D eigenvalue weighted by atomic mass is 32.1. The fourth-order valence-electron chi connectivity index (χ4n) is 2.48. The maximum absolute atomic E-state index is 12.2. The molecule has 0 aromatic carbocycles. The summed E-state index contributed by atoms with van der Waals surface area (Å²) in [6.45, 7) is 7.47. The summed E-state index contributed by atoms with van der Waals surface area (Å²) < 4.78 is 0. The summed E-state index contributed by atoms with van der Waals surface area (Å²) in [6, 6.07) is 3.69. The average Bonchev–Trinajstić information content (AvgIpc) is 2.90. The van der Waals surface area contributed by atoms with Gasteiger partial charge in [0.1, 0.15) is 0 Å². The molecule has 1 fully saturated rings. The van der Waals surface area contributed by atoms with Crippen LogP contribution in [0.25, 0.3) is 0 Å². The third kappa shape index (κ3) is 3.24. The Kier molecular flexibility index (Phi) is 3.81. The van der Waals surface area contributed by atoms with E-state index in [0.717, 1.165) is 6.42 Å². The van der Waals surface area contributed by atoms with Gasteiger partial charge in [-0.25, -0.2) is 0 Å². The molecule has 2 rings (SSSR count). The summed E-state index contributed by atoms with van der Waals surface area (Å²) in [5, 5.41) is 4.96. The van der Waals surface area contributed by atoms with Crippen molar-refractivity contribution < 1.29 is 9.59 Å². The lowest BCUT2D eigenvalue weighted by molar-refractivity contribution is -0.129. The molecule has 1 aliphatic rings. The van der Waals surface area contributed by atoms with Crippen LogP contribution in [-0.4, -0.2) is 17.7 Å². The highest BCUT2D eigenvalue weighted by molar-refractivity contribution is 7.10. The zero-order chi connectivity index (χ0) is 14.2. The summed E-state index contributed by atoms with van der Waals surface area (Å²) in [5.74, 6) is 0.443. The van der Waals surface area contributed by atoms with E-state index in [4.69, 9.17) is 0 Å². The molecule has 4 heteroatoms. The smallest absolute Gasteiger partial charge is 0.224 e. The van der Waals surface area contributed by atoms with Gasteiger partial charge in [-0.3, -0.25) is 9.59 Å². The van der Waals surface area contributed by atoms with E-state index in [-0.39, 0.29) is 23.0 Å². The number of Topliss-reactive ketones (excluding diaryl/α,β-unsaturated/α-hetero) is 1. The summed E-state index contributed by atoms with van der Waals surface area (Å²) in [6.07, 6.45) is 0.904. The number of ketones is 1. The fraction of sp³-hybridized carbons (Fsp3) is 0.600. The Bertz CT molecular complexity index is 473. The quantitative estimate of drug-likeness (QED) is 0.921. The van der Waals surface area contributed by atoms with Crippen molar-refractivity contribution in [1.82, 2.24) is 5.32 Å². The molecule has 0 bridgehead atoms. The van der Waals surface area contributed by atoms with Gasteiger partial charge in [0.05, 0.1) is 6.04 Å². The largest absolute Gasteiger partial charge is 0.346 e. The number of carbonyl (C=O) groups excluding carboxylic acids is 2.